The Kier molecular flexibility index (Phi) is 3.01. The van der Waals surface area contributed by atoms with Gasteiger partial charge in [0.25, 0.3) is 5.56 Å². The summed E-state index contributed by atoms with van der Waals surface area (Å²) in [7, 11) is 1.77. The van der Waals surface area contributed by atoms with Crippen molar-refractivity contribution < 1.29 is 0 Å². The van der Waals surface area contributed by atoms with Gasteiger partial charge in [0.2, 0.25) is 0 Å². The van der Waals surface area contributed by atoms with Crippen molar-refractivity contribution >= 4 is 34.5 Å². The van der Waals surface area contributed by atoms with Gasteiger partial charge >= 0.3 is 0 Å². The van der Waals surface area contributed by atoms with Gasteiger partial charge in [-0.2, -0.15) is 0 Å². The molecule has 4 heteroatoms. The van der Waals surface area contributed by atoms with Crippen LogP contribution in [0, 0.1) is 0 Å². The molecule has 3 rings (SSSR count). The molecule has 3 aromatic rings. The van der Waals surface area contributed by atoms with E-state index >= 15 is 0 Å². The Bertz CT molecular complexity index is 801. The molecule has 2 aromatic heterocycles. The second-order valence-corrected chi connectivity index (χ2v) is 5.18. The van der Waals surface area contributed by atoms with Crippen LogP contribution in [-0.4, -0.2) is 9.55 Å². The van der Waals surface area contributed by atoms with Crippen LogP contribution < -0.4 is 5.56 Å². The molecule has 19 heavy (non-hydrogen) atoms. The van der Waals surface area contributed by atoms with Gasteiger partial charge < -0.3 is 4.57 Å². The number of hydrogen-bond acceptors (Lipinski definition) is 3. The zero-order chi connectivity index (χ0) is 13.2. The molecule has 1 aromatic carbocycles. The van der Waals surface area contributed by atoms with E-state index in [1.807, 2.05) is 47.9 Å². The van der Waals surface area contributed by atoms with E-state index in [1.54, 1.807) is 29.0 Å². The lowest BCUT2D eigenvalue weighted by molar-refractivity contribution is 0.887. The Hall–Kier alpha value is -2.20. The van der Waals surface area contributed by atoms with Crippen molar-refractivity contribution in [2.24, 2.45) is 7.05 Å². The smallest absolute Gasteiger partial charge is 0.276 e. The van der Waals surface area contributed by atoms with Crippen LogP contribution in [0.15, 0.2) is 46.6 Å². The second kappa shape index (κ2) is 4.82. The zero-order valence-electron chi connectivity index (χ0n) is 10.4. The van der Waals surface area contributed by atoms with E-state index in [0.717, 1.165) is 15.9 Å². The highest BCUT2D eigenvalue weighted by Crippen LogP contribution is 2.13. The fourth-order valence-corrected chi connectivity index (χ4v) is 2.57. The van der Waals surface area contributed by atoms with E-state index < -0.39 is 0 Å². The molecule has 0 aliphatic rings. The number of benzene rings is 1. The number of aromatic nitrogens is 2. The molecule has 0 amide bonds. The van der Waals surface area contributed by atoms with Gasteiger partial charge in [0.15, 0.2) is 0 Å². The summed E-state index contributed by atoms with van der Waals surface area (Å²) in [6.07, 6.45) is 3.70. The number of para-hydroxylation sites is 2. The molecule has 0 fully saturated rings. The number of aryl methyl sites for hydroxylation is 1. The van der Waals surface area contributed by atoms with Gasteiger partial charge in [0, 0.05) is 11.9 Å². The van der Waals surface area contributed by atoms with Crippen molar-refractivity contribution in [1.29, 1.82) is 0 Å². The molecule has 0 atom stereocenters. The summed E-state index contributed by atoms with van der Waals surface area (Å²) in [5, 5.41) is 2.01. The quantitative estimate of drug-likeness (QED) is 0.715. The molecule has 94 valence electrons. The third-order valence-electron chi connectivity index (χ3n) is 2.96. The van der Waals surface area contributed by atoms with E-state index in [-0.39, 0.29) is 5.56 Å². The van der Waals surface area contributed by atoms with Crippen molar-refractivity contribution in [1.82, 2.24) is 9.55 Å². The van der Waals surface area contributed by atoms with Crippen LogP contribution >= 0.6 is 11.3 Å². The van der Waals surface area contributed by atoms with Gasteiger partial charge in [-0.3, -0.25) is 4.79 Å². The van der Waals surface area contributed by atoms with Crippen molar-refractivity contribution in [2.75, 3.05) is 0 Å². The molecule has 0 aliphatic carbocycles. The maximum absolute atomic E-state index is 12.2. The average molecular weight is 268 g/mol. The Labute approximate surface area is 114 Å². The number of rotatable bonds is 2. The van der Waals surface area contributed by atoms with E-state index in [0.29, 0.717) is 5.69 Å². The van der Waals surface area contributed by atoms with Crippen LogP contribution in [0.5, 0.6) is 0 Å². The first-order valence-electron chi connectivity index (χ1n) is 5.93. The number of nitrogens with zero attached hydrogens (tertiary/aromatic N) is 2. The monoisotopic (exact) mass is 268 g/mol. The predicted octanol–water partition coefficient (Wildman–Crippen LogP) is 3.17. The first-order valence-corrected chi connectivity index (χ1v) is 6.81. The maximum Gasteiger partial charge on any atom is 0.276 e. The summed E-state index contributed by atoms with van der Waals surface area (Å²) in [6, 6.07) is 11.6. The minimum absolute atomic E-state index is 0.0773. The van der Waals surface area contributed by atoms with Crippen LogP contribution in [0.3, 0.4) is 0 Å². The summed E-state index contributed by atoms with van der Waals surface area (Å²) >= 11 is 1.63. The first kappa shape index (κ1) is 11.9. The van der Waals surface area contributed by atoms with Crippen molar-refractivity contribution in [3.63, 3.8) is 0 Å². The highest BCUT2D eigenvalue weighted by Gasteiger charge is 2.05. The second-order valence-electron chi connectivity index (χ2n) is 4.20. The van der Waals surface area contributed by atoms with E-state index in [1.165, 1.54) is 0 Å². The fourth-order valence-electron chi connectivity index (χ4n) is 1.96. The molecule has 0 radical (unpaired) electrons. The van der Waals surface area contributed by atoms with Crippen LogP contribution in [0.25, 0.3) is 23.2 Å². The standard InChI is InChI=1S/C15H12N2OS/c1-17-14-7-3-2-6-12(14)16-13(15(17)18)9-8-11-5-4-10-19-11/h2-10H,1H3/b9-8+. The van der Waals surface area contributed by atoms with E-state index in [2.05, 4.69) is 4.98 Å². The number of fused-ring (bicyclic) bond motifs is 1. The summed E-state index contributed by atoms with van der Waals surface area (Å²) in [5.41, 5.74) is 2.07. The van der Waals surface area contributed by atoms with Crippen LogP contribution in [-0.2, 0) is 7.05 Å². The minimum atomic E-state index is -0.0773. The molecule has 3 nitrogen and oxygen atoms in total. The van der Waals surface area contributed by atoms with Crippen LogP contribution in [0.1, 0.15) is 10.6 Å². The van der Waals surface area contributed by atoms with Crippen molar-refractivity contribution in [2.45, 2.75) is 0 Å². The summed E-state index contributed by atoms with van der Waals surface area (Å²) < 4.78 is 1.64. The van der Waals surface area contributed by atoms with Gasteiger partial charge in [0.05, 0.1) is 11.0 Å². The van der Waals surface area contributed by atoms with Gasteiger partial charge in [-0.1, -0.05) is 18.2 Å². The highest BCUT2D eigenvalue weighted by molar-refractivity contribution is 7.10. The Morgan fingerprint density at radius 1 is 1.16 bits per heavy atom. The first-order chi connectivity index (χ1) is 9.25. The molecular weight excluding hydrogens is 256 g/mol. The van der Waals surface area contributed by atoms with Gasteiger partial charge in [-0.05, 0) is 35.7 Å². The third-order valence-corrected chi connectivity index (χ3v) is 3.79. The maximum atomic E-state index is 12.2. The predicted molar refractivity (Wildman–Crippen MR) is 80.2 cm³/mol. The SMILES string of the molecule is Cn1c(=O)c(/C=C/c2cccs2)nc2ccccc21. The molecule has 0 N–H and O–H groups in total. The zero-order valence-corrected chi connectivity index (χ0v) is 11.2. The Morgan fingerprint density at radius 3 is 2.79 bits per heavy atom. The summed E-state index contributed by atoms with van der Waals surface area (Å²) in [6.45, 7) is 0. The van der Waals surface area contributed by atoms with Crippen molar-refractivity contribution in [3.05, 3.63) is 62.7 Å². The molecular formula is C15H12N2OS. The number of hydrogen-bond donors (Lipinski definition) is 0. The lowest BCUT2D eigenvalue weighted by Crippen LogP contribution is -2.21. The van der Waals surface area contributed by atoms with E-state index in [4.69, 9.17) is 0 Å². The lowest BCUT2D eigenvalue weighted by Gasteiger charge is -2.04. The topological polar surface area (TPSA) is 34.9 Å². The summed E-state index contributed by atoms with van der Waals surface area (Å²) in [4.78, 5) is 17.7. The van der Waals surface area contributed by atoms with Crippen LogP contribution in [0.4, 0.5) is 0 Å². The molecule has 0 saturated carbocycles. The van der Waals surface area contributed by atoms with Gasteiger partial charge in [-0.25, -0.2) is 4.98 Å². The normalized spacial score (nSPS) is 11.4. The molecule has 2 heterocycles. The largest absolute Gasteiger partial charge is 0.308 e. The van der Waals surface area contributed by atoms with Gasteiger partial charge in [-0.15, -0.1) is 11.3 Å². The number of thiophene rings is 1. The van der Waals surface area contributed by atoms with Gasteiger partial charge in [0.1, 0.15) is 5.69 Å². The fraction of sp³-hybridized carbons (Fsp3) is 0.0667. The Morgan fingerprint density at radius 2 is 2.00 bits per heavy atom. The Balaban J connectivity index is 2.14. The molecule has 0 unspecified atom stereocenters. The molecule has 0 bridgehead atoms. The highest BCUT2D eigenvalue weighted by atomic mass is 32.1. The third kappa shape index (κ3) is 2.22. The molecule has 0 saturated heterocycles. The van der Waals surface area contributed by atoms with Crippen LogP contribution in [0.2, 0.25) is 0 Å². The van der Waals surface area contributed by atoms with E-state index in [9.17, 15) is 4.79 Å². The average Bonchev–Trinajstić information content (AvgIpc) is 2.94. The lowest BCUT2D eigenvalue weighted by atomic mass is 10.2. The molecule has 0 spiro atoms. The minimum Gasteiger partial charge on any atom is -0.308 e. The molecule has 0 aliphatic heterocycles. The summed E-state index contributed by atoms with van der Waals surface area (Å²) in [5.74, 6) is 0. The van der Waals surface area contributed by atoms with Crippen molar-refractivity contribution in [3.8, 4) is 0 Å².